The summed E-state index contributed by atoms with van der Waals surface area (Å²) in [7, 11) is 0. The molecule has 4 nitrogen and oxygen atoms in total. The third-order valence-corrected chi connectivity index (χ3v) is 5.66. The molecule has 2 heterocycles. The van der Waals surface area contributed by atoms with Gasteiger partial charge in [-0.1, -0.05) is 30.3 Å². The molecule has 1 saturated heterocycles. The maximum absolute atomic E-state index is 13.2. The summed E-state index contributed by atoms with van der Waals surface area (Å²) < 4.78 is 19.1. The molecule has 1 aliphatic heterocycles. The Morgan fingerprint density at radius 1 is 1.00 bits per heavy atom. The van der Waals surface area contributed by atoms with Gasteiger partial charge in [0.2, 0.25) is 5.88 Å². The lowest BCUT2D eigenvalue weighted by atomic mass is 9.89. The number of ether oxygens (including phenoxy) is 1. The molecular weight excluding hydrogens is 413 g/mol. The van der Waals surface area contributed by atoms with E-state index >= 15 is 0 Å². The number of halogens is 2. The second kappa shape index (κ2) is 11.2. The van der Waals surface area contributed by atoms with Crippen LogP contribution in [-0.2, 0) is 0 Å². The molecule has 0 radical (unpaired) electrons. The summed E-state index contributed by atoms with van der Waals surface area (Å²) in [6, 6.07) is 18.9. The van der Waals surface area contributed by atoms with Crippen LogP contribution >= 0.6 is 12.4 Å². The predicted molar refractivity (Wildman–Crippen MR) is 124 cm³/mol. The van der Waals surface area contributed by atoms with Gasteiger partial charge in [-0.25, -0.2) is 9.37 Å². The highest BCUT2D eigenvalue weighted by Crippen LogP contribution is 2.27. The van der Waals surface area contributed by atoms with Gasteiger partial charge in [-0.2, -0.15) is 4.98 Å². The molecule has 1 aromatic heterocycles. The van der Waals surface area contributed by atoms with Gasteiger partial charge in [0.1, 0.15) is 5.82 Å². The molecule has 0 aliphatic carbocycles. The zero-order valence-electron chi connectivity index (χ0n) is 17.8. The smallest absolute Gasteiger partial charge is 0.217 e. The quantitative estimate of drug-likeness (QED) is 0.443. The minimum Gasteiger partial charge on any atom is -0.478 e. The van der Waals surface area contributed by atoms with Crippen LogP contribution in [0.1, 0.15) is 36.4 Å². The molecule has 2 aromatic carbocycles. The van der Waals surface area contributed by atoms with E-state index < -0.39 is 0 Å². The van der Waals surface area contributed by atoms with E-state index in [0.29, 0.717) is 24.2 Å². The third-order valence-electron chi connectivity index (χ3n) is 5.66. The Labute approximate surface area is 189 Å². The average Bonchev–Trinajstić information content (AvgIpc) is 2.78. The number of rotatable bonds is 7. The lowest BCUT2D eigenvalue weighted by Crippen LogP contribution is -2.34. The van der Waals surface area contributed by atoms with Gasteiger partial charge in [-0.3, -0.25) is 0 Å². The van der Waals surface area contributed by atoms with Crippen molar-refractivity contribution in [1.29, 1.82) is 0 Å². The monoisotopic (exact) mass is 441 g/mol. The Bertz CT molecular complexity index is 945. The summed E-state index contributed by atoms with van der Waals surface area (Å²) in [5.41, 5.74) is 3.09. The minimum atomic E-state index is -0.268. The SMILES string of the molecule is Cc1cc(OCCCN2CCC(c3ccccc3)CC2)nc(-c2ccc(F)cc2)n1.Cl. The summed E-state index contributed by atoms with van der Waals surface area (Å²) in [6.45, 7) is 5.86. The largest absolute Gasteiger partial charge is 0.478 e. The number of likely N-dealkylation sites (tertiary alicyclic amines) is 1. The first kappa shape index (κ1) is 23.2. The van der Waals surface area contributed by atoms with E-state index in [1.165, 1.54) is 30.5 Å². The van der Waals surface area contributed by atoms with Crippen molar-refractivity contribution in [2.24, 2.45) is 0 Å². The van der Waals surface area contributed by atoms with Gasteiger partial charge in [0.05, 0.1) is 6.61 Å². The number of nitrogens with zero attached hydrogens (tertiary/aromatic N) is 3. The van der Waals surface area contributed by atoms with Gasteiger partial charge < -0.3 is 9.64 Å². The van der Waals surface area contributed by atoms with Gasteiger partial charge in [-0.05, 0) is 75.0 Å². The number of aromatic nitrogens is 2. The highest BCUT2D eigenvalue weighted by Gasteiger charge is 2.20. The summed E-state index contributed by atoms with van der Waals surface area (Å²) >= 11 is 0. The van der Waals surface area contributed by atoms with Gasteiger partial charge in [0, 0.05) is 23.9 Å². The fourth-order valence-corrected chi connectivity index (χ4v) is 4.02. The fourth-order valence-electron chi connectivity index (χ4n) is 4.02. The van der Waals surface area contributed by atoms with Crippen molar-refractivity contribution in [3.63, 3.8) is 0 Å². The van der Waals surface area contributed by atoms with Crippen LogP contribution < -0.4 is 4.74 Å². The van der Waals surface area contributed by atoms with E-state index in [2.05, 4.69) is 45.2 Å². The standard InChI is InChI=1S/C25H28FN3O.ClH/c1-19-18-24(28-25(27-19)22-8-10-23(26)11-9-22)30-17-5-14-29-15-12-21(13-16-29)20-6-3-2-4-7-20;/h2-4,6-11,18,21H,5,12-17H2,1H3;1H. The van der Waals surface area contributed by atoms with Gasteiger partial charge >= 0.3 is 0 Å². The summed E-state index contributed by atoms with van der Waals surface area (Å²) in [6.07, 6.45) is 3.40. The molecule has 0 saturated carbocycles. The lowest BCUT2D eigenvalue weighted by Gasteiger charge is -2.32. The molecule has 0 bridgehead atoms. The molecule has 4 rings (SSSR count). The van der Waals surface area contributed by atoms with Crippen molar-refractivity contribution in [2.45, 2.75) is 32.1 Å². The van der Waals surface area contributed by atoms with Crippen LogP contribution in [0.2, 0.25) is 0 Å². The number of piperidine rings is 1. The third kappa shape index (κ3) is 6.49. The molecule has 0 spiro atoms. The normalized spacial score (nSPS) is 14.8. The zero-order valence-corrected chi connectivity index (χ0v) is 18.7. The van der Waals surface area contributed by atoms with Crippen molar-refractivity contribution in [3.8, 4) is 17.3 Å². The lowest BCUT2D eigenvalue weighted by molar-refractivity contribution is 0.191. The second-order valence-corrected chi connectivity index (χ2v) is 7.91. The topological polar surface area (TPSA) is 38.2 Å². The van der Waals surface area contributed by atoms with Gasteiger partial charge in [0.15, 0.2) is 5.82 Å². The van der Waals surface area contributed by atoms with Crippen LogP contribution in [0.5, 0.6) is 5.88 Å². The molecule has 0 N–H and O–H groups in total. The van der Waals surface area contributed by atoms with E-state index in [1.807, 2.05) is 13.0 Å². The first-order valence-corrected chi connectivity index (χ1v) is 10.7. The van der Waals surface area contributed by atoms with Crippen LogP contribution in [0.15, 0.2) is 60.7 Å². The van der Waals surface area contributed by atoms with Crippen LogP contribution in [-0.4, -0.2) is 41.1 Å². The zero-order chi connectivity index (χ0) is 20.8. The molecule has 1 fully saturated rings. The van der Waals surface area contributed by atoms with Crippen molar-refractivity contribution in [3.05, 3.63) is 77.7 Å². The van der Waals surface area contributed by atoms with Crippen LogP contribution in [0.4, 0.5) is 4.39 Å². The summed E-state index contributed by atoms with van der Waals surface area (Å²) in [5.74, 6) is 1.56. The summed E-state index contributed by atoms with van der Waals surface area (Å²) in [5, 5.41) is 0. The molecule has 0 unspecified atom stereocenters. The second-order valence-electron chi connectivity index (χ2n) is 7.91. The Kier molecular flexibility index (Phi) is 8.38. The van der Waals surface area contributed by atoms with Crippen molar-refractivity contribution in [2.75, 3.05) is 26.2 Å². The molecule has 164 valence electrons. The Morgan fingerprint density at radius 3 is 2.42 bits per heavy atom. The average molecular weight is 442 g/mol. The number of hydrogen-bond donors (Lipinski definition) is 0. The van der Waals surface area contributed by atoms with Crippen LogP contribution in [0.3, 0.4) is 0 Å². The number of hydrogen-bond acceptors (Lipinski definition) is 4. The van der Waals surface area contributed by atoms with Crippen molar-refractivity contribution in [1.82, 2.24) is 14.9 Å². The van der Waals surface area contributed by atoms with E-state index in [0.717, 1.165) is 37.3 Å². The van der Waals surface area contributed by atoms with Crippen LogP contribution in [0.25, 0.3) is 11.4 Å². The molecule has 1 aliphatic rings. The molecule has 3 aromatic rings. The Morgan fingerprint density at radius 2 is 1.71 bits per heavy atom. The first-order valence-electron chi connectivity index (χ1n) is 10.7. The fraction of sp³-hybridized carbons (Fsp3) is 0.360. The summed E-state index contributed by atoms with van der Waals surface area (Å²) in [4.78, 5) is 11.5. The van der Waals surface area contributed by atoms with Crippen molar-refractivity contribution < 1.29 is 9.13 Å². The first-order chi connectivity index (χ1) is 14.7. The highest BCUT2D eigenvalue weighted by atomic mass is 35.5. The van der Waals surface area contributed by atoms with Gasteiger partial charge in [-0.15, -0.1) is 12.4 Å². The molecule has 31 heavy (non-hydrogen) atoms. The Balaban J connectivity index is 0.00000272. The van der Waals surface area contributed by atoms with E-state index in [-0.39, 0.29) is 18.2 Å². The van der Waals surface area contributed by atoms with Gasteiger partial charge in [0.25, 0.3) is 0 Å². The molecule has 0 atom stereocenters. The number of benzene rings is 2. The predicted octanol–water partition coefficient (Wildman–Crippen LogP) is 5.66. The van der Waals surface area contributed by atoms with Crippen LogP contribution in [0, 0.1) is 12.7 Å². The minimum absolute atomic E-state index is 0. The molecular formula is C25H29ClFN3O. The maximum atomic E-state index is 13.2. The maximum Gasteiger partial charge on any atom is 0.217 e. The van der Waals surface area contributed by atoms with E-state index in [4.69, 9.17) is 4.74 Å². The van der Waals surface area contributed by atoms with Crippen molar-refractivity contribution >= 4 is 12.4 Å². The molecule has 0 amide bonds. The van der Waals surface area contributed by atoms with E-state index in [1.54, 1.807) is 12.1 Å². The highest BCUT2D eigenvalue weighted by molar-refractivity contribution is 5.85. The van der Waals surface area contributed by atoms with E-state index in [9.17, 15) is 4.39 Å². The number of aryl methyl sites for hydroxylation is 1. The Hall–Kier alpha value is -2.50. The molecule has 6 heteroatoms.